The molecule has 4 heteroatoms. The summed E-state index contributed by atoms with van der Waals surface area (Å²) in [5, 5.41) is 12.4. The number of ether oxygens (including phenoxy) is 1. The molecule has 0 saturated heterocycles. The third kappa shape index (κ3) is 3.82. The number of nitrogens with one attached hydrogen (secondary N) is 1. The summed E-state index contributed by atoms with van der Waals surface area (Å²) in [7, 11) is 1.62. The minimum atomic E-state index is 0.173. The Labute approximate surface area is 103 Å². The van der Waals surface area contributed by atoms with E-state index in [2.05, 4.69) is 19.2 Å². The van der Waals surface area contributed by atoms with Crippen molar-refractivity contribution in [2.24, 2.45) is 5.92 Å². The highest BCUT2D eigenvalue weighted by Crippen LogP contribution is 2.26. The molecule has 0 aromatic heterocycles. The second-order valence-electron chi connectivity index (χ2n) is 4.46. The Hall–Kier alpha value is -1.42. The zero-order valence-electron chi connectivity index (χ0n) is 10.7. The molecule has 17 heavy (non-hydrogen) atoms. The average Bonchev–Trinajstić information content (AvgIpc) is 2.30. The molecule has 4 nitrogen and oxygen atoms in total. The minimum Gasteiger partial charge on any atom is -0.497 e. The number of methoxy groups -OCH3 is 1. The number of anilines is 2. The number of aliphatic hydroxyl groups is 1. The van der Waals surface area contributed by atoms with Crippen molar-refractivity contribution >= 4 is 11.4 Å². The molecule has 0 amide bonds. The lowest BCUT2D eigenvalue weighted by Crippen LogP contribution is -2.27. The van der Waals surface area contributed by atoms with Gasteiger partial charge in [0.15, 0.2) is 0 Å². The Balaban J connectivity index is 2.78. The van der Waals surface area contributed by atoms with Crippen LogP contribution in [0.1, 0.15) is 20.3 Å². The molecule has 1 aromatic carbocycles. The Morgan fingerprint density at radius 2 is 2.12 bits per heavy atom. The normalized spacial score (nSPS) is 12.5. The second kappa shape index (κ2) is 6.35. The molecule has 0 aliphatic rings. The van der Waals surface area contributed by atoms with Gasteiger partial charge in [0.05, 0.1) is 18.5 Å². The van der Waals surface area contributed by atoms with Gasteiger partial charge < -0.3 is 20.9 Å². The smallest absolute Gasteiger partial charge is 0.121 e. The lowest BCUT2D eigenvalue weighted by Gasteiger charge is -2.23. The number of aliphatic hydroxyl groups excluding tert-OH is 1. The summed E-state index contributed by atoms with van der Waals surface area (Å²) in [5.74, 6) is 1.18. The van der Waals surface area contributed by atoms with Crippen molar-refractivity contribution in [3.05, 3.63) is 18.2 Å². The number of nitrogens with two attached hydrogens (primary N) is 1. The molecular formula is C13H22N2O2. The number of hydrogen-bond donors (Lipinski definition) is 3. The van der Waals surface area contributed by atoms with Crippen LogP contribution >= 0.6 is 0 Å². The van der Waals surface area contributed by atoms with Crippen LogP contribution in [0.4, 0.5) is 11.4 Å². The summed E-state index contributed by atoms with van der Waals surface area (Å²) < 4.78 is 5.10. The molecule has 1 atom stereocenters. The van der Waals surface area contributed by atoms with Crippen LogP contribution < -0.4 is 15.8 Å². The average molecular weight is 238 g/mol. The van der Waals surface area contributed by atoms with E-state index in [1.54, 1.807) is 13.2 Å². The molecule has 0 aliphatic heterocycles. The molecule has 0 radical (unpaired) electrons. The van der Waals surface area contributed by atoms with Gasteiger partial charge in [-0.05, 0) is 24.5 Å². The highest BCUT2D eigenvalue weighted by Gasteiger charge is 2.13. The van der Waals surface area contributed by atoms with Gasteiger partial charge in [-0.25, -0.2) is 0 Å². The van der Waals surface area contributed by atoms with Crippen molar-refractivity contribution < 1.29 is 9.84 Å². The van der Waals surface area contributed by atoms with Gasteiger partial charge in [-0.1, -0.05) is 13.8 Å². The molecule has 4 N–H and O–H groups in total. The molecule has 0 bridgehead atoms. The first-order chi connectivity index (χ1) is 8.08. The summed E-state index contributed by atoms with van der Waals surface area (Å²) in [6.07, 6.45) is 0.711. The van der Waals surface area contributed by atoms with E-state index in [9.17, 15) is 0 Å². The van der Waals surface area contributed by atoms with Crippen LogP contribution in [0.15, 0.2) is 18.2 Å². The summed E-state index contributed by atoms with van der Waals surface area (Å²) >= 11 is 0. The van der Waals surface area contributed by atoms with Gasteiger partial charge in [-0.3, -0.25) is 0 Å². The Kier molecular flexibility index (Phi) is 5.10. The first-order valence-electron chi connectivity index (χ1n) is 5.89. The number of nitrogen functional groups attached to an aromatic ring is 1. The Morgan fingerprint density at radius 3 is 2.59 bits per heavy atom. The maximum atomic E-state index is 9.02. The van der Waals surface area contributed by atoms with Gasteiger partial charge in [0, 0.05) is 18.7 Å². The van der Waals surface area contributed by atoms with Crippen LogP contribution in [0.2, 0.25) is 0 Å². The maximum Gasteiger partial charge on any atom is 0.121 e. The third-order valence-electron chi connectivity index (χ3n) is 2.84. The quantitative estimate of drug-likeness (QED) is 0.664. The van der Waals surface area contributed by atoms with E-state index in [1.165, 1.54) is 0 Å². The molecule has 1 unspecified atom stereocenters. The van der Waals surface area contributed by atoms with E-state index in [-0.39, 0.29) is 12.6 Å². The van der Waals surface area contributed by atoms with E-state index < -0.39 is 0 Å². The van der Waals surface area contributed by atoms with E-state index in [4.69, 9.17) is 15.6 Å². The van der Waals surface area contributed by atoms with E-state index in [0.717, 1.165) is 11.4 Å². The predicted octanol–water partition coefficient (Wildman–Crippen LogP) is 2.10. The molecule has 1 rings (SSSR count). The van der Waals surface area contributed by atoms with Crippen molar-refractivity contribution in [3.63, 3.8) is 0 Å². The number of benzene rings is 1. The first kappa shape index (κ1) is 13.6. The van der Waals surface area contributed by atoms with Crippen LogP contribution in [0.3, 0.4) is 0 Å². The SMILES string of the molecule is COc1ccc(NC(CCO)C(C)C)c(N)c1. The minimum absolute atomic E-state index is 0.173. The van der Waals surface area contributed by atoms with Gasteiger partial charge in [0.2, 0.25) is 0 Å². The zero-order valence-corrected chi connectivity index (χ0v) is 10.7. The molecule has 0 fully saturated rings. The van der Waals surface area contributed by atoms with Gasteiger partial charge in [-0.15, -0.1) is 0 Å². The molecule has 1 aromatic rings. The fourth-order valence-corrected chi connectivity index (χ4v) is 1.71. The molecular weight excluding hydrogens is 216 g/mol. The van der Waals surface area contributed by atoms with Crippen molar-refractivity contribution in [2.75, 3.05) is 24.8 Å². The highest BCUT2D eigenvalue weighted by molar-refractivity contribution is 5.68. The highest BCUT2D eigenvalue weighted by atomic mass is 16.5. The van der Waals surface area contributed by atoms with E-state index in [1.807, 2.05) is 12.1 Å². The summed E-state index contributed by atoms with van der Waals surface area (Å²) in [4.78, 5) is 0. The van der Waals surface area contributed by atoms with Crippen LogP contribution in [0, 0.1) is 5.92 Å². The first-order valence-corrected chi connectivity index (χ1v) is 5.89. The fourth-order valence-electron chi connectivity index (χ4n) is 1.71. The second-order valence-corrected chi connectivity index (χ2v) is 4.46. The van der Waals surface area contributed by atoms with Crippen LogP contribution in [-0.4, -0.2) is 24.9 Å². The third-order valence-corrected chi connectivity index (χ3v) is 2.84. The van der Waals surface area contributed by atoms with Gasteiger partial charge >= 0.3 is 0 Å². The van der Waals surface area contributed by atoms with Crippen molar-refractivity contribution in [2.45, 2.75) is 26.3 Å². The maximum absolute atomic E-state index is 9.02. The molecule has 96 valence electrons. The Bertz CT molecular complexity index is 353. The molecule has 0 saturated carbocycles. The van der Waals surface area contributed by atoms with Gasteiger partial charge in [-0.2, -0.15) is 0 Å². The molecule has 0 heterocycles. The van der Waals surface area contributed by atoms with Gasteiger partial charge in [0.25, 0.3) is 0 Å². The standard InChI is InChI=1S/C13H22N2O2/c1-9(2)12(6-7-16)15-13-5-4-10(17-3)8-11(13)14/h4-5,8-9,12,15-16H,6-7,14H2,1-3H3. The van der Waals surface area contributed by atoms with E-state index >= 15 is 0 Å². The fraction of sp³-hybridized carbons (Fsp3) is 0.538. The number of hydrogen-bond acceptors (Lipinski definition) is 4. The zero-order chi connectivity index (χ0) is 12.8. The van der Waals surface area contributed by atoms with Crippen molar-refractivity contribution in [3.8, 4) is 5.75 Å². The summed E-state index contributed by atoms with van der Waals surface area (Å²) in [5.41, 5.74) is 7.48. The van der Waals surface area contributed by atoms with Crippen molar-refractivity contribution in [1.82, 2.24) is 0 Å². The summed E-state index contributed by atoms with van der Waals surface area (Å²) in [6.45, 7) is 4.41. The lowest BCUT2D eigenvalue weighted by molar-refractivity contribution is 0.267. The van der Waals surface area contributed by atoms with E-state index in [0.29, 0.717) is 18.0 Å². The van der Waals surface area contributed by atoms with Crippen LogP contribution in [0.25, 0.3) is 0 Å². The molecule has 0 spiro atoms. The predicted molar refractivity (Wildman–Crippen MR) is 71.4 cm³/mol. The van der Waals surface area contributed by atoms with Crippen LogP contribution in [-0.2, 0) is 0 Å². The number of rotatable bonds is 6. The molecule has 0 aliphatic carbocycles. The Morgan fingerprint density at radius 1 is 1.41 bits per heavy atom. The van der Waals surface area contributed by atoms with Crippen LogP contribution in [0.5, 0.6) is 5.75 Å². The topological polar surface area (TPSA) is 67.5 Å². The van der Waals surface area contributed by atoms with Crippen molar-refractivity contribution in [1.29, 1.82) is 0 Å². The van der Waals surface area contributed by atoms with Gasteiger partial charge in [0.1, 0.15) is 5.75 Å². The monoisotopic (exact) mass is 238 g/mol. The lowest BCUT2D eigenvalue weighted by atomic mass is 10.0. The largest absolute Gasteiger partial charge is 0.497 e. The summed E-state index contributed by atoms with van der Waals surface area (Å²) in [6, 6.07) is 5.78.